The summed E-state index contributed by atoms with van der Waals surface area (Å²) in [7, 11) is 0.801. The van der Waals surface area contributed by atoms with Crippen molar-refractivity contribution in [3.63, 3.8) is 0 Å². The maximum atomic E-state index is 13.4. The van der Waals surface area contributed by atoms with Crippen molar-refractivity contribution in [2.24, 2.45) is 0 Å². The molecule has 0 atom stereocenters. The highest BCUT2D eigenvalue weighted by atomic mass is 32.2. The summed E-state index contributed by atoms with van der Waals surface area (Å²) in [5.74, 6) is 1.77. The Balaban J connectivity index is 1.46. The summed E-state index contributed by atoms with van der Waals surface area (Å²) < 4.78 is 44.4. The number of piperazine rings is 1. The molecular weight excluding hydrogens is 494 g/mol. The Morgan fingerprint density at radius 2 is 1.54 bits per heavy atom. The van der Waals surface area contributed by atoms with Crippen LogP contribution in [0.1, 0.15) is 0 Å². The molecular formula is C27H31N3O6S. The molecule has 37 heavy (non-hydrogen) atoms. The zero-order valence-corrected chi connectivity index (χ0v) is 22.0. The summed E-state index contributed by atoms with van der Waals surface area (Å²) in [5, 5.41) is 0. The van der Waals surface area contributed by atoms with Gasteiger partial charge >= 0.3 is 0 Å². The molecule has 0 N–H and O–H groups in total. The van der Waals surface area contributed by atoms with E-state index in [0.717, 1.165) is 0 Å². The first-order chi connectivity index (χ1) is 17.8. The quantitative estimate of drug-likeness (QED) is 0.424. The van der Waals surface area contributed by atoms with Crippen molar-refractivity contribution in [2.45, 2.75) is 4.90 Å². The highest BCUT2D eigenvalue weighted by Crippen LogP contribution is 2.33. The predicted molar refractivity (Wildman–Crippen MR) is 142 cm³/mol. The number of amides is 1. The lowest BCUT2D eigenvalue weighted by Gasteiger charge is -2.36. The number of anilines is 2. The molecule has 10 heteroatoms. The van der Waals surface area contributed by atoms with Crippen molar-refractivity contribution in [3.8, 4) is 17.2 Å². The summed E-state index contributed by atoms with van der Waals surface area (Å²) >= 11 is 0. The molecule has 0 unspecified atom stereocenters. The molecule has 0 spiro atoms. The fraction of sp³-hybridized carbons (Fsp3) is 0.296. The molecule has 1 fully saturated rings. The number of carbonyl (C=O) groups excluding carboxylic acids is 1. The van der Waals surface area contributed by atoms with E-state index in [1.165, 1.54) is 11.4 Å². The average Bonchev–Trinajstić information content (AvgIpc) is 2.95. The van der Waals surface area contributed by atoms with Crippen LogP contribution in [0.4, 0.5) is 11.4 Å². The van der Waals surface area contributed by atoms with E-state index in [1.807, 2.05) is 35.2 Å². The number of hydrogen-bond donors (Lipinski definition) is 0. The van der Waals surface area contributed by atoms with E-state index in [-0.39, 0.29) is 17.4 Å². The molecule has 9 nitrogen and oxygen atoms in total. The smallest absolute Gasteiger partial charge is 0.264 e. The maximum absolute atomic E-state index is 13.4. The normalized spacial score (nSPS) is 13.7. The van der Waals surface area contributed by atoms with E-state index in [9.17, 15) is 13.2 Å². The highest BCUT2D eigenvalue weighted by Gasteiger charge is 2.27. The van der Waals surface area contributed by atoms with Gasteiger partial charge in [0.05, 0.1) is 30.5 Å². The zero-order valence-electron chi connectivity index (χ0n) is 21.2. The van der Waals surface area contributed by atoms with E-state index >= 15 is 0 Å². The van der Waals surface area contributed by atoms with Crippen molar-refractivity contribution < 1.29 is 27.4 Å². The van der Waals surface area contributed by atoms with Crippen LogP contribution in [-0.2, 0) is 14.8 Å². The Morgan fingerprint density at radius 3 is 2.16 bits per heavy atom. The third-order valence-corrected chi connectivity index (χ3v) is 8.10. The van der Waals surface area contributed by atoms with E-state index in [4.69, 9.17) is 14.2 Å². The van der Waals surface area contributed by atoms with Crippen molar-refractivity contribution >= 4 is 27.3 Å². The highest BCUT2D eigenvalue weighted by molar-refractivity contribution is 7.92. The van der Waals surface area contributed by atoms with Crippen LogP contribution in [-0.4, -0.2) is 73.3 Å². The van der Waals surface area contributed by atoms with Crippen LogP contribution in [0.2, 0.25) is 0 Å². The van der Waals surface area contributed by atoms with E-state index < -0.39 is 10.0 Å². The van der Waals surface area contributed by atoms with Gasteiger partial charge in [0.2, 0.25) is 0 Å². The third kappa shape index (κ3) is 5.91. The number of sulfonamides is 1. The van der Waals surface area contributed by atoms with Gasteiger partial charge in [0.15, 0.2) is 6.61 Å². The van der Waals surface area contributed by atoms with Gasteiger partial charge in [-0.2, -0.15) is 0 Å². The second-order valence-corrected chi connectivity index (χ2v) is 10.4. The van der Waals surface area contributed by atoms with E-state index in [1.54, 1.807) is 61.6 Å². The minimum absolute atomic E-state index is 0.0290. The molecule has 4 rings (SSSR count). The molecule has 0 aromatic heterocycles. The Morgan fingerprint density at radius 1 is 0.865 bits per heavy atom. The molecule has 0 bridgehead atoms. The van der Waals surface area contributed by atoms with Crippen LogP contribution < -0.4 is 23.4 Å². The third-order valence-electron chi connectivity index (χ3n) is 6.32. The van der Waals surface area contributed by atoms with Gasteiger partial charge in [-0.3, -0.25) is 9.10 Å². The van der Waals surface area contributed by atoms with Crippen LogP contribution in [0.15, 0.2) is 77.7 Å². The first-order valence-corrected chi connectivity index (χ1v) is 13.3. The van der Waals surface area contributed by atoms with E-state index in [0.29, 0.717) is 54.8 Å². The van der Waals surface area contributed by atoms with Gasteiger partial charge in [0.25, 0.3) is 15.9 Å². The van der Waals surface area contributed by atoms with Crippen LogP contribution in [0.25, 0.3) is 0 Å². The second kappa shape index (κ2) is 11.4. The molecule has 0 radical (unpaired) electrons. The molecule has 196 valence electrons. The van der Waals surface area contributed by atoms with Gasteiger partial charge in [-0.05, 0) is 54.6 Å². The lowest BCUT2D eigenvalue weighted by atomic mass is 10.2. The predicted octanol–water partition coefficient (Wildman–Crippen LogP) is 3.26. The van der Waals surface area contributed by atoms with Crippen molar-refractivity contribution in [1.82, 2.24) is 4.90 Å². The average molecular weight is 526 g/mol. The van der Waals surface area contributed by atoms with Gasteiger partial charge in [-0.15, -0.1) is 0 Å². The van der Waals surface area contributed by atoms with Crippen LogP contribution in [0, 0.1) is 0 Å². The molecule has 1 heterocycles. The number of hydrogen-bond acceptors (Lipinski definition) is 7. The second-order valence-electron chi connectivity index (χ2n) is 8.47. The maximum Gasteiger partial charge on any atom is 0.264 e. The van der Waals surface area contributed by atoms with Crippen molar-refractivity contribution in [1.29, 1.82) is 0 Å². The summed E-state index contributed by atoms with van der Waals surface area (Å²) in [6.45, 7) is 2.01. The minimum atomic E-state index is -3.83. The Bertz CT molecular complexity index is 1310. The number of methoxy groups -OCH3 is 2. The summed E-state index contributed by atoms with van der Waals surface area (Å²) in [5.41, 5.74) is 1.18. The molecule has 0 aliphatic carbocycles. The first-order valence-electron chi connectivity index (χ1n) is 11.8. The fourth-order valence-corrected chi connectivity index (χ4v) is 5.33. The van der Waals surface area contributed by atoms with Crippen LogP contribution in [0.3, 0.4) is 0 Å². The monoisotopic (exact) mass is 525 g/mol. The van der Waals surface area contributed by atoms with E-state index in [2.05, 4.69) is 0 Å². The first kappa shape index (κ1) is 26.2. The largest absolute Gasteiger partial charge is 0.497 e. The number of ether oxygens (including phenoxy) is 3. The molecule has 1 amide bonds. The number of benzene rings is 3. The molecule has 1 aliphatic rings. The Hall–Kier alpha value is -3.92. The zero-order chi connectivity index (χ0) is 26.4. The van der Waals surface area contributed by atoms with Gasteiger partial charge < -0.3 is 24.0 Å². The molecule has 0 saturated carbocycles. The standard InChI is InChI=1S/C27H31N3O6S/c1-28(21-9-11-22(34-2)12-10-21)37(32,33)24-13-14-26(35-3)25(19-24)29-15-17-30(18-16-29)27(31)20-36-23-7-5-4-6-8-23/h4-14,19H,15-18,20H2,1-3H3. The number of carbonyl (C=O) groups is 1. The summed E-state index contributed by atoms with van der Waals surface area (Å²) in [6, 6.07) is 20.9. The fourth-order valence-electron chi connectivity index (χ4n) is 4.12. The molecule has 3 aromatic carbocycles. The van der Waals surface area contributed by atoms with Crippen LogP contribution >= 0.6 is 0 Å². The Labute approximate surface area is 217 Å². The van der Waals surface area contributed by atoms with Gasteiger partial charge in [0, 0.05) is 33.2 Å². The van der Waals surface area contributed by atoms with Crippen LogP contribution in [0.5, 0.6) is 17.2 Å². The molecule has 1 aliphatic heterocycles. The van der Waals surface area contributed by atoms with Gasteiger partial charge in [-0.25, -0.2) is 8.42 Å². The Kier molecular flexibility index (Phi) is 8.08. The summed E-state index contributed by atoms with van der Waals surface area (Å²) in [4.78, 5) is 16.6. The van der Waals surface area contributed by atoms with Crippen molar-refractivity contribution in [2.75, 3.05) is 63.3 Å². The summed E-state index contributed by atoms with van der Waals surface area (Å²) in [6.07, 6.45) is 0. The minimum Gasteiger partial charge on any atom is -0.497 e. The van der Waals surface area contributed by atoms with Gasteiger partial charge in [0.1, 0.15) is 17.2 Å². The van der Waals surface area contributed by atoms with Crippen molar-refractivity contribution in [3.05, 3.63) is 72.8 Å². The van der Waals surface area contributed by atoms with Gasteiger partial charge in [-0.1, -0.05) is 18.2 Å². The molecule has 3 aromatic rings. The number of rotatable bonds is 9. The number of nitrogens with zero attached hydrogens (tertiary/aromatic N) is 3. The molecule has 1 saturated heterocycles. The topological polar surface area (TPSA) is 88.6 Å². The number of para-hydroxylation sites is 1. The lowest BCUT2D eigenvalue weighted by Crippen LogP contribution is -2.50. The SMILES string of the molecule is COc1ccc(N(C)S(=O)(=O)c2ccc(OC)c(N3CCN(C(=O)COc4ccccc4)CC3)c2)cc1. The lowest BCUT2D eigenvalue weighted by molar-refractivity contribution is -0.133.